The van der Waals surface area contributed by atoms with Crippen LogP contribution in [-0.4, -0.2) is 129 Å². The number of hydrogen-bond donors (Lipinski definition) is 4. The monoisotopic (exact) mass is 1440 g/mol. The maximum atomic E-state index is 10.4. The summed E-state index contributed by atoms with van der Waals surface area (Å²) in [6, 6.07) is 28.2. The Morgan fingerprint density at radius 1 is 0.327 bits per heavy atom. The van der Waals surface area contributed by atoms with Crippen molar-refractivity contribution >= 4 is 83.6 Å². The van der Waals surface area contributed by atoms with Crippen LogP contribution in [-0.2, 0) is 46.9 Å². The van der Waals surface area contributed by atoms with Crippen LogP contribution < -0.4 is 0 Å². The fourth-order valence-corrected chi connectivity index (χ4v) is 19.3. The number of ether oxygens (including phenoxy) is 3. The van der Waals surface area contributed by atoms with Crippen molar-refractivity contribution in [2.75, 3.05) is 33.0 Å². The number of hydrogen-bond acceptors (Lipinski definition) is 12. The fourth-order valence-electron chi connectivity index (χ4n) is 19.3. The van der Waals surface area contributed by atoms with E-state index in [9.17, 15) is 20.4 Å². The van der Waals surface area contributed by atoms with Gasteiger partial charge in [-0.2, -0.15) is 0 Å². The van der Waals surface area contributed by atoms with Crippen LogP contribution in [0.25, 0.3) is 79.4 Å². The average Bonchev–Trinajstić information content (AvgIpc) is 1.60. The lowest BCUT2D eigenvalue weighted by molar-refractivity contribution is -0.0824. The molecule has 3 aliphatic heterocycles. The molecule has 5 aliphatic carbocycles. The molecule has 22 heteroatoms. The number of imidazole rings is 5. The standard InChI is InChI=1S/2C17H21N3O2.3C17H19N3O/c2*1-16(6-3-7-17(22,9-16)11-21)10-20-12-19-14-5-4-13(18-2)8-15(14)20;3*1-16(6-3-7-17(9-16)11-21-17)10-20-12-19-14-5-4-13(18-2)8-15(14)20/h2*4-5,8,12,21-22H,3,6-7,9-11H2,1H3;3*4-5,8,12H,3,6-7,9-11H2,1H3/t16-,17+;16-,17-;2*16-,17+;16-,17-/m00000/s1. The maximum Gasteiger partial charge on any atom is 0.189 e. The van der Waals surface area contributed by atoms with Gasteiger partial charge >= 0.3 is 0 Å². The lowest BCUT2D eigenvalue weighted by Gasteiger charge is -2.43. The molecule has 5 aromatic heterocycles. The summed E-state index contributed by atoms with van der Waals surface area (Å²) in [6.07, 6.45) is 30.2. The summed E-state index contributed by atoms with van der Waals surface area (Å²) >= 11 is 0. The zero-order valence-corrected chi connectivity index (χ0v) is 62.5. The van der Waals surface area contributed by atoms with E-state index in [0.717, 1.165) is 153 Å². The second-order valence-electron chi connectivity index (χ2n) is 34.7. The van der Waals surface area contributed by atoms with E-state index in [1.807, 2.05) is 97.8 Å². The van der Waals surface area contributed by atoms with E-state index < -0.39 is 11.2 Å². The molecule has 8 heterocycles. The van der Waals surface area contributed by atoms with Crippen molar-refractivity contribution in [1.82, 2.24) is 47.8 Å². The SMILES string of the molecule is [C-]#[N+]c1ccc2ncn(C[C@@]3(C)CCC[C@@](O)(CO)C3)c2c1.[C-]#[N+]c1ccc2ncn(C[C@@]3(C)CCC[C@@]4(CO4)C3)c2c1.[C-]#[N+]c1ccc2ncn(C[C@@]3(C)CCC[C@](O)(CO)C3)c2c1.[C-]#[N+]c1ccc2ncn(C[C@@]3(C)CCC[C@]4(CO4)C3)c2c1.[C-]#[N+]c1ccc2ncn(C[C@@]3(C)CCC[C@]4(CO4)C3)c2c1. The van der Waals surface area contributed by atoms with E-state index in [2.05, 4.69) is 107 Å². The van der Waals surface area contributed by atoms with Gasteiger partial charge < -0.3 is 57.5 Å². The molecule has 10 aromatic rings. The second kappa shape index (κ2) is 29.3. The van der Waals surface area contributed by atoms with Crippen molar-refractivity contribution < 1.29 is 34.6 Å². The van der Waals surface area contributed by atoms with E-state index in [0.29, 0.717) is 54.1 Å². The normalized spacial score (nSPS) is 30.3. The Balaban J connectivity index is 0.000000112. The summed E-state index contributed by atoms with van der Waals surface area (Å²) in [5.41, 5.74) is 12.3. The largest absolute Gasteiger partial charge is 0.393 e. The number of epoxide rings is 3. The Kier molecular flexibility index (Phi) is 20.4. The molecular formula is C85H99N15O7. The molecule has 18 rings (SSSR count). The lowest BCUT2D eigenvalue weighted by Crippen LogP contribution is -2.44. The van der Waals surface area contributed by atoms with Crippen LogP contribution in [0.4, 0.5) is 28.4 Å². The quantitative estimate of drug-likeness (QED) is 0.0661. The van der Waals surface area contributed by atoms with Gasteiger partial charge in [0.05, 0.1) is 181 Å². The highest BCUT2D eigenvalue weighted by Gasteiger charge is 2.54. The first-order valence-corrected chi connectivity index (χ1v) is 38.0. The van der Waals surface area contributed by atoms with Crippen LogP contribution in [0, 0.1) is 59.9 Å². The molecule has 0 bridgehead atoms. The van der Waals surface area contributed by atoms with E-state index in [1.54, 1.807) is 24.8 Å². The van der Waals surface area contributed by atoms with Crippen molar-refractivity contribution in [2.45, 2.75) is 224 Å². The number of nitrogens with zero attached hydrogens (tertiary/aromatic N) is 15. The first kappa shape index (κ1) is 74.5. The van der Waals surface area contributed by atoms with E-state index in [1.165, 1.54) is 57.8 Å². The van der Waals surface area contributed by atoms with Crippen LogP contribution in [0.5, 0.6) is 0 Å². The van der Waals surface area contributed by atoms with E-state index >= 15 is 0 Å². The van der Waals surface area contributed by atoms with Gasteiger partial charge in [-0.05, 0) is 216 Å². The Morgan fingerprint density at radius 3 is 0.729 bits per heavy atom. The summed E-state index contributed by atoms with van der Waals surface area (Å²) in [4.78, 5) is 39.7. The lowest BCUT2D eigenvalue weighted by atomic mass is 9.68. The molecule has 0 unspecified atom stereocenters. The van der Waals surface area contributed by atoms with Gasteiger partial charge in [0.15, 0.2) is 28.4 Å². The third-order valence-electron chi connectivity index (χ3n) is 24.5. The van der Waals surface area contributed by atoms with E-state index in [-0.39, 0.29) is 57.1 Å². The molecule has 0 radical (unpaired) electrons. The zero-order chi connectivity index (χ0) is 75.1. The number of aliphatic hydroxyl groups excluding tert-OH is 2. The highest BCUT2D eigenvalue weighted by atomic mass is 16.6. The highest BCUT2D eigenvalue weighted by molar-refractivity contribution is 5.83. The molecule has 22 nitrogen and oxygen atoms in total. The van der Waals surface area contributed by atoms with Gasteiger partial charge in [0.2, 0.25) is 0 Å². The molecule has 10 atom stereocenters. The molecule has 3 spiro atoms. The van der Waals surface area contributed by atoms with Gasteiger partial charge in [0.1, 0.15) is 0 Å². The molecule has 5 aromatic carbocycles. The van der Waals surface area contributed by atoms with Gasteiger partial charge in [-0.15, -0.1) is 0 Å². The number of rotatable bonds is 12. The van der Waals surface area contributed by atoms with Gasteiger partial charge in [0.25, 0.3) is 0 Å². The fraction of sp³-hybridized carbons (Fsp3) is 0.529. The van der Waals surface area contributed by atoms with Crippen molar-refractivity contribution in [3.63, 3.8) is 0 Å². The first-order valence-electron chi connectivity index (χ1n) is 38.0. The topological polar surface area (TPSA) is 229 Å². The first-order chi connectivity index (χ1) is 51.3. The summed E-state index contributed by atoms with van der Waals surface area (Å²) in [5, 5.41) is 39.7. The van der Waals surface area contributed by atoms with Crippen molar-refractivity contribution in [2.24, 2.45) is 27.1 Å². The van der Waals surface area contributed by atoms with Gasteiger partial charge in [0, 0.05) is 32.7 Å². The smallest absolute Gasteiger partial charge is 0.189 e. The van der Waals surface area contributed by atoms with Crippen molar-refractivity contribution in [3.8, 4) is 0 Å². The van der Waals surface area contributed by atoms with E-state index in [4.69, 9.17) is 47.1 Å². The Morgan fingerprint density at radius 2 is 0.533 bits per heavy atom. The van der Waals surface area contributed by atoms with Crippen LogP contribution >= 0.6 is 0 Å². The highest BCUT2D eigenvalue weighted by Crippen LogP contribution is 2.54. The van der Waals surface area contributed by atoms with Gasteiger partial charge in [-0.25, -0.2) is 49.1 Å². The minimum Gasteiger partial charge on any atom is -0.393 e. The molecule has 0 amide bonds. The predicted octanol–water partition coefficient (Wildman–Crippen LogP) is 17.6. The minimum atomic E-state index is -0.967. The molecule has 4 N–H and O–H groups in total. The molecule has 8 aliphatic rings. The maximum absolute atomic E-state index is 10.4. The summed E-state index contributed by atoms with van der Waals surface area (Å²) in [7, 11) is 0. The van der Waals surface area contributed by atoms with Crippen molar-refractivity contribution in [1.29, 1.82) is 0 Å². The second-order valence-corrected chi connectivity index (χ2v) is 34.7. The summed E-state index contributed by atoms with van der Waals surface area (Å²) in [5.74, 6) is 0. The van der Waals surface area contributed by atoms with Crippen LogP contribution in [0.3, 0.4) is 0 Å². The van der Waals surface area contributed by atoms with Gasteiger partial charge in [-0.1, -0.05) is 65.0 Å². The third-order valence-corrected chi connectivity index (χ3v) is 24.5. The molecule has 556 valence electrons. The molecule has 107 heavy (non-hydrogen) atoms. The number of benzene rings is 5. The number of fused-ring (bicyclic) bond motifs is 5. The average molecular weight is 1440 g/mol. The Hall–Kier alpha value is -9.38. The molecular weight excluding hydrogens is 1340 g/mol. The van der Waals surface area contributed by atoms with Crippen LogP contribution in [0.1, 0.15) is 163 Å². The Labute approximate surface area is 626 Å². The van der Waals surface area contributed by atoms with Crippen molar-refractivity contribution in [3.05, 3.63) is 180 Å². The van der Waals surface area contributed by atoms with Gasteiger partial charge in [-0.3, -0.25) is 0 Å². The third kappa shape index (κ3) is 16.8. The zero-order valence-electron chi connectivity index (χ0n) is 62.5. The minimum absolute atomic E-state index is 0.0858. The number of aliphatic hydroxyl groups is 4. The van der Waals surface area contributed by atoms with Crippen LogP contribution in [0.2, 0.25) is 0 Å². The summed E-state index contributed by atoms with van der Waals surface area (Å²) < 4.78 is 27.9. The number of aromatic nitrogens is 10. The predicted molar refractivity (Wildman–Crippen MR) is 413 cm³/mol. The summed E-state index contributed by atoms with van der Waals surface area (Å²) in [6.45, 7) is 54.0. The Bertz CT molecular complexity index is 4730. The van der Waals surface area contributed by atoms with Crippen LogP contribution in [0.15, 0.2) is 123 Å². The molecule has 3 saturated heterocycles. The molecule has 5 saturated carbocycles. The molecule has 8 fully saturated rings.